The molecule has 0 unspecified atom stereocenters. The van der Waals surface area contributed by atoms with E-state index in [-0.39, 0.29) is 0 Å². The van der Waals surface area contributed by atoms with Gasteiger partial charge in [-0.25, -0.2) is 4.68 Å². The number of benzene rings is 2. The largest absolute Gasteiger partial charge is 0.295 e. The highest BCUT2D eigenvalue weighted by Crippen LogP contribution is 2.22. The van der Waals surface area contributed by atoms with Crippen LogP contribution >= 0.6 is 0 Å². The van der Waals surface area contributed by atoms with Gasteiger partial charge in [0, 0.05) is 26.2 Å². The zero-order valence-electron chi connectivity index (χ0n) is 14.0. The van der Waals surface area contributed by atoms with E-state index in [4.69, 9.17) is 0 Å². The molecule has 4 heteroatoms. The van der Waals surface area contributed by atoms with Crippen molar-refractivity contribution in [3.05, 3.63) is 65.7 Å². The first-order valence-electron chi connectivity index (χ1n) is 8.62. The Bertz CT molecular complexity index is 864. The summed E-state index contributed by atoms with van der Waals surface area (Å²) >= 11 is 0. The molecule has 3 aromatic rings. The summed E-state index contributed by atoms with van der Waals surface area (Å²) in [7, 11) is 0. The van der Waals surface area contributed by atoms with Crippen molar-refractivity contribution in [2.24, 2.45) is 0 Å². The van der Waals surface area contributed by atoms with Crippen LogP contribution in [0.15, 0.2) is 54.6 Å². The van der Waals surface area contributed by atoms with Crippen LogP contribution in [-0.4, -0.2) is 33.0 Å². The van der Waals surface area contributed by atoms with Gasteiger partial charge < -0.3 is 0 Å². The van der Waals surface area contributed by atoms with Crippen molar-refractivity contribution in [1.29, 1.82) is 0 Å². The van der Waals surface area contributed by atoms with Gasteiger partial charge in [-0.15, -0.1) is 5.10 Å². The predicted octanol–water partition coefficient (Wildman–Crippen LogP) is 3.74. The van der Waals surface area contributed by atoms with E-state index in [2.05, 4.69) is 76.7 Å². The third-order valence-electron chi connectivity index (χ3n) is 4.66. The Labute approximate surface area is 142 Å². The maximum Gasteiger partial charge on any atom is 0.113 e. The summed E-state index contributed by atoms with van der Waals surface area (Å²) in [6.45, 7) is 6.01. The molecule has 1 aliphatic heterocycles. The van der Waals surface area contributed by atoms with Gasteiger partial charge in [0.2, 0.25) is 0 Å². The molecule has 24 heavy (non-hydrogen) atoms. The van der Waals surface area contributed by atoms with Gasteiger partial charge in [-0.3, -0.25) is 4.90 Å². The lowest BCUT2D eigenvalue weighted by molar-refractivity contribution is 0.296. The third-order valence-corrected chi connectivity index (χ3v) is 4.66. The fraction of sp³-hybridized carbons (Fsp3) is 0.300. The number of aromatic nitrogens is 3. The minimum atomic E-state index is 0.854. The lowest BCUT2D eigenvalue weighted by Gasteiger charge is -2.27. The van der Waals surface area contributed by atoms with E-state index in [1.165, 1.54) is 16.7 Å². The first-order chi connectivity index (χ1) is 11.8. The average Bonchev–Trinajstić information content (AvgIpc) is 3.05. The van der Waals surface area contributed by atoms with Gasteiger partial charge in [-0.1, -0.05) is 47.7 Å². The topological polar surface area (TPSA) is 34.0 Å². The standard InChI is InChI=1S/C20H22N4/c1-2-24-20-11-10-16(13-19(20)21-22-24)14-23-12-6-9-18(15-23)17-7-4-3-5-8-17/h3-5,7-11,13H,2,6,12,14-15H2,1H3. The molecule has 0 radical (unpaired) electrons. The molecule has 0 spiro atoms. The van der Waals surface area contributed by atoms with Crippen LogP contribution in [0.1, 0.15) is 24.5 Å². The molecule has 4 nitrogen and oxygen atoms in total. The van der Waals surface area contributed by atoms with Crippen LogP contribution in [0, 0.1) is 0 Å². The Morgan fingerprint density at radius 3 is 2.79 bits per heavy atom. The van der Waals surface area contributed by atoms with Gasteiger partial charge in [-0.2, -0.15) is 0 Å². The number of hydrogen-bond donors (Lipinski definition) is 0. The van der Waals surface area contributed by atoms with Crippen LogP contribution in [0.25, 0.3) is 16.6 Å². The lowest BCUT2D eigenvalue weighted by atomic mass is 10.0. The van der Waals surface area contributed by atoms with Crippen molar-refractivity contribution in [2.75, 3.05) is 13.1 Å². The van der Waals surface area contributed by atoms with Crippen molar-refractivity contribution in [3.63, 3.8) is 0 Å². The number of rotatable bonds is 4. The summed E-state index contributed by atoms with van der Waals surface area (Å²) in [5.41, 5.74) is 6.18. The zero-order chi connectivity index (χ0) is 16.4. The highest BCUT2D eigenvalue weighted by molar-refractivity contribution is 5.75. The molecule has 122 valence electrons. The van der Waals surface area contributed by atoms with Gasteiger partial charge in [-0.05, 0) is 42.2 Å². The summed E-state index contributed by atoms with van der Waals surface area (Å²) in [5, 5.41) is 8.49. The van der Waals surface area contributed by atoms with Crippen molar-refractivity contribution in [3.8, 4) is 0 Å². The van der Waals surface area contributed by atoms with Crippen LogP contribution in [0.5, 0.6) is 0 Å². The zero-order valence-corrected chi connectivity index (χ0v) is 14.0. The Kier molecular flexibility index (Phi) is 4.13. The number of hydrogen-bond acceptors (Lipinski definition) is 3. The molecule has 1 aliphatic rings. The van der Waals surface area contributed by atoms with Crippen molar-refractivity contribution in [2.45, 2.75) is 26.4 Å². The second-order valence-electron chi connectivity index (χ2n) is 6.32. The molecular formula is C20H22N4. The molecule has 0 bridgehead atoms. The molecule has 0 atom stereocenters. The number of aryl methyl sites for hydroxylation is 1. The minimum Gasteiger partial charge on any atom is -0.295 e. The van der Waals surface area contributed by atoms with Gasteiger partial charge in [0.1, 0.15) is 5.52 Å². The van der Waals surface area contributed by atoms with Crippen LogP contribution in [0.2, 0.25) is 0 Å². The molecule has 0 fully saturated rings. The minimum absolute atomic E-state index is 0.854. The molecule has 0 N–H and O–H groups in total. The van der Waals surface area contributed by atoms with Gasteiger partial charge >= 0.3 is 0 Å². The highest BCUT2D eigenvalue weighted by Gasteiger charge is 2.15. The fourth-order valence-electron chi connectivity index (χ4n) is 3.41. The first kappa shape index (κ1) is 15.1. The van der Waals surface area contributed by atoms with E-state index in [0.29, 0.717) is 0 Å². The summed E-state index contributed by atoms with van der Waals surface area (Å²) in [6.07, 6.45) is 3.49. The molecular weight excluding hydrogens is 296 g/mol. The van der Waals surface area contributed by atoms with Gasteiger partial charge in [0.15, 0.2) is 0 Å². The SMILES string of the molecule is CCn1nnc2cc(CN3CCC=C(c4ccccc4)C3)ccc21. The molecule has 0 amide bonds. The van der Waals surface area contributed by atoms with Crippen molar-refractivity contribution < 1.29 is 0 Å². The van der Waals surface area contributed by atoms with Gasteiger partial charge in [0.05, 0.1) is 5.52 Å². The van der Waals surface area contributed by atoms with Crippen molar-refractivity contribution in [1.82, 2.24) is 19.9 Å². The van der Waals surface area contributed by atoms with E-state index in [1.54, 1.807) is 0 Å². The van der Waals surface area contributed by atoms with E-state index < -0.39 is 0 Å². The third kappa shape index (κ3) is 2.97. The maximum atomic E-state index is 4.29. The second kappa shape index (κ2) is 6.57. The maximum absolute atomic E-state index is 4.29. The quantitative estimate of drug-likeness (QED) is 0.735. The molecule has 0 saturated heterocycles. The molecule has 2 heterocycles. The lowest BCUT2D eigenvalue weighted by Crippen LogP contribution is -2.29. The highest BCUT2D eigenvalue weighted by atomic mass is 15.4. The van der Waals surface area contributed by atoms with E-state index in [1.807, 2.05) is 4.68 Å². The molecule has 0 aliphatic carbocycles. The van der Waals surface area contributed by atoms with E-state index >= 15 is 0 Å². The first-order valence-corrected chi connectivity index (χ1v) is 8.62. The van der Waals surface area contributed by atoms with Crippen LogP contribution < -0.4 is 0 Å². The smallest absolute Gasteiger partial charge is 0.113 e. The van der Waals surface area contributed by atoms with E-state index in [9.17, 15) is 0 Å². The Hall–Kier alpha value is -2.46. The van der Waals surface area contributed by atoms with Crippen LogP contribution in [0.3, 0.4) is 0 Å². The predicted molar refractivity (Wildman–Crippen MR) is 97.5 cm³/mol. The molecule has 4 rings (SSSR count). The second-order valence-corrected chi connectivity index (χ2v) is 6.32. The van der Waals surface area contributed by atoms with Crippen molar-refractivity contribution >= 4 is 16.6 Å². The Balaban J connectivity index is 1.50. The van der Waals surface area contributed by atoms with Crippen LogP contribution in [0.4, 0.5) is 0 Å². The molecule has 0 saturated carbocycles. The fourth-order valence-corrected chi connectivity index (χ4v) is 3.41. The molecule has 1 aromatic heterocycles. The summed E-state index contributed by atoms with van der Waals surface area (Å²) < 4.78 is 1.94. The van der Waals surface area contributed by atoms with Gasteiger partial charge in [0.25, 0.3) is 0 Å². The molecule has 2 aromatic carbocycles. The normalized spacial score (nSPS) is 15.6. The van der Waals surface area contributed by atoms with E-state index in [0.717, 1.165) is 43.6 Å². The Morgan fingerprint density at radius 1 is 1.08 bits per heavy atom. The summed E-state index contributed by atoms with van der Waals surface area (Å²) in [5.74, 6) is 0. The number of fused-ring (bicyclic) bond motifs is 1. The number of nitrogens with zero attached hydrogens (tertiary/aromatic N) is 4. The average molecular weight is 318 g/mol. The monoisotopic (exact) mass is 318 g/mol. The summed E-state index contributed by atoms with van der Waals surface area (Å²) in [4.78, 5) is 2.51. The van der Waals surface area contributed by atoms with Crippen LogP contribution in [-0.2, 0) is 13.1 Å². The summed E-state index contributed by atoms with van der Waals surface area (Å²) in [6, 6.07) is 17.2. The Morgan fingerprint density at radius 2 is 1.96 bits per heavy atom.